The van der Waals surface area contributed by atoms with Gasteiger partial charge in [-0.05, 0) is 36.2 Å². The number of carbonyl (C=O) groups is 1. The molecule has 0 radical (unpaired) electrons. The van der Waals surface area contributed by atoms with Crippen LogP contribution in [0.1, 0.15) is 28.6 Å². The summed E-state index contributed by atoms with van der Waals surface area (Å²) in [7, 11) is 0. The van der Waals surface area contributed by atoms with Crippen molar-refractivity contribution in [2.45, 2.75) is 12.5 Å². The van der Waals surface area contributed by atoms with E-state index in [1.54, 1.807) is 42.6 Å². The van der Waals surface area contributed by atoms with Crippen LogP contribution in [-0.2, 0) is 0 Å². The average Bonchev–Trinajstić information content (AvgIpc) is 3.03. The molecule has 0 bridgehead atoms. The number of amides is 1. The lowest BCUT2D eigenvalue weighted by Gasteiger charge is -2.12. The van der Waals surface area contributed by atoms with Crippen molar-refractivity contribution in [2.24, 2.45) is 0 Å². The van der Waals surface area contributed by atoms with E-state index in [1.807, 2.05) is 0 Å². The smallest absolute Gasteiger partial charge is 0.269 e. The Hall–Kier alpha value is -2.60. The highest BCUT2D eigenvalue weighted by Crippen LogP contribution is 2.34. The quantitative estimate of drug-likeness (QED) is 0.878. The van der Waals surface area contributed by atoms with Crippen LogP contribution in [0.2, 0.25) is 0 Å². The SMILES string of the molecule is O=C(NCC[C@H](O)c1ccc2c(c1)OCO2)c1ccccn1. The van der Waals surface area contributed by atoms with Crippen LogP contribution in [0.15, 0.2) is 42.6 Å². The molecule has 1 aromatic carbocycles. The fraction of sp³-hybridized carbons (Fsp3) is 0.250. The summed E-state index contributed by atoms with van der Waals surface area (Å²) in [5, 5.41) is 12.9. The molecule has 1 aliphatic heterocycles. The van der Waals surface area contributed by atoms with Gasteiger partial charge in [-0.3, -0.25) is 9.78 Å². The number of aliphatic hydroxyl groups is 1. The number of ether oxygens (including phenoxy) is 2. The molecule has 114 valence electrons. The molecule has 1 atom stereocenters. The van der Waals surface area contributed by atoms with Gasteiger partial charge >= 0.3 is 0 Å². The zero-order valence-electron chi connectivity index (χ0n) is 11.9. The standard InChI is InChI=1S/C16H16N2O4/c19-13(11-4-5-14-15(9-11)22-10-21-14)6-8-18-16(20)12-3-1-2-7-17-12/h1-5,7,9,13,19H,6,8,10H2,(H,18,20)/t13-/m0/s1. The highest BCUT2D eigenvalue weighted by Gasteiger charge is 2.16. The molecular formula is C16H16N2O4. The average molecular weight is 300 g/mol. The lowest BCUT2D eigenvalue weighted by Crippen LogP contribution is -2.26. The summed E-state index contributed by atoms with van der Waals surface area (Å²) in [6, 6.07) is 10.5. The van der Waals surface area contributed by atoms with Gasteiger partial charge in [0.15, 0.2) is 11.5 Å². The zero-order chi connectivity index (χ0) is 15.4. The van der Waals surface area contributed by atoms with Crippen molar-refractivity contribution in [3.8, 4) is 11.5 Å². The van der Waals surface area contributed by atoms with Gasteiger partial charge in [-0.15, -0.1) is 0 Å². The zero-order valence-corrected chi connectivity index (χ0v) is 11.9. The van der Waals surface area contributed by atoms with Crippen LogP contribution in [0, 0.1) is 0 Å². The summed E-state index contributed by atoms with van der Waals surface area (Å²) < 4.78 is 10.5. The predicted molar refractivity (Wildman–Crippen MR) is 78.7 cm³/mol. The summed E-state index contributed by atoms with van der Waals surface area (Å²) in [6.07, 6.45) is 1.28. The van der Waals surface area contributed by atoms with Crippen molar-refractivity contribution >= 4 is 5.91 Å². The fourth-order valence-corrected chi connectivity index (χ4v) is 2.20. The highest BCUT2D eigenvalue weighted by atomic mass is 16.7. The molecule has 0 spiro atoms. The molecule has 0 unspecified atom stereocenters. The van der Waals surface area contributed by atoms with Gasteiger partial charge in [0.1, 0.15) is 5.69 Å². The Bertz CT molecular complexity index is 660. The van der Waals surface area contributed by atoms with Gasteiger partial charge in [0.2, 0.25) is 6.79 Å². The highest BCUT2D eigenvalue weighted by molar-refractivity contribution is 5.92. The Morgan fingerprint density at radius 2 is 2.14 bits per heavy atom. The lowest BCUT2D eigenvalue weighted by molar-refractivity contribution is 0.0937. The van der Waals surface area contributed by atoms with E-state index in [2.05, 4.69) is 10.3 Å². The predicted octanol–water partition coefficient (Wildman–Crippen LogP) is 1.66. The summed E-state index contributed by atoms with van der Waals surface area (Å²) in [5.41, 5.74) is 1.09. The summed E-state index contributed by atoms with van der Waals surface area (Å²) in [6.45, 7) is 0.556. The van der Waals surface area contributed by atoms with Crippen molar-refractivity contribution < 1.29 is 19.4 Å². The first-order chi connectivity index (χ1) is 10.7. The monoisotopic (exact) mass is 300 g/mol. The third kappa shape index (κ3) is 3.17. The largest absolute Gasteiger partial charge is 0.454 e. The van der Waals surface area contributed by atoms with E-state index < -0.39 is 6.10 Å². The number of nitrogens with one attached hydrogen (secondary N) is 1. The first kappa shape index (κ1) is 14.3. The summed E-state index contributed by atoms with van der Waals surface area (Å²) >= 11 is 0. The molecule has 22 heavy (non-hydrogen) atoms. The van der Waals surface area contributed by atoms with Crippen LogP contribution in [0.3, 0.4) is 0 Å². The number of nitrogens with zero attached hydrogens (tertiary/aromatic N) is 1. The van der Waals surface area contributed by atoms with Crippen molar-refractivity contribution in [1.29, 1.82) is 0 Å². The van der Waals surface area contributed by atoms with E-state index in [-0.39, 0.29) is 12.7 Å². The maximum atomic E-state index is 11.8. The van der Waals surface area contributed by atoms with Gasteiger partial charge in [-0.1, -0.05) is 12.1 Å². The van der Waals surface area contributed by atoms with E-state index in [0.717, 1.165) is 5.56 Å². The molecule has 2 heterocycles. The van der Waals surface area contributed by atoms with Crippen molar-refractivity contribution in [2.75, 3.05) is 13.3 Å². The molecule has 1 amide bonds. The second-order valence-corrected chi connectivity index (χ2v) is 4.89. The summed E-state index contributed by atoms with van der Waals surface area (Å²) in [5.74, 6) is 1.06. The molecule has 0 aliphatic carbocycles. The summed E-state index contributed by atoms with van der Waals surface area (Å²) in [4.78, 5) is 15.8. The van der Waals surface area contributed by atoms with Crippen LogP contribution in [-0.4, -0.2) is 29.3 Å². The van der Waals surface area contributed by atoms with E-state index >= 15 is 0 Å². The number of pyridine rings is 1. The van der Waals surface area contributed by atoms with E-state index in [1.165, 1.54) is 0 Å². The number of hydrogen-bond donors (Lipinski definition) is 2. The molecule has 6 nitrogen and oxygen atoms in total. The minimum atomic E-state index is -0.682. The third-order valence-electron chi connectivity index (χ3n) is 3.38. The molecule has 1 aliphatic rings. The first-order valence-electron chi connectivity index (χ1n) is 7.01. The van der Waals surface area contributed by atoms with Crippen LogP contribution in [0.25, 0.3) is 0 Å². The second-order valence-electron chi connectivity index (χ2n) is 4.89. The number of aliphatic hydroxyl groups excluding tert-OH is 1. The number of hydrogen-bond acceptors (Lipinski definition) is 5. The number of carbonyl (C=O) groups excluding carboxylic acids is 1. The van der Waals surface area contributed by atoms with Crippen molar-refractivity contribution in [3.63, 3.8) is 0 Å². The number of rotatable bonds is 5. The Kier molecular flexibility index (Phi) is 4.20. The Morgan fingerprint density at radius 3 is 2.95 bits per heavy atom. The Balaban J connectivity index is 1.52. The van der Waals surface area contributed by atoms with Crippen molar-refractivity contribution in [1.82, 2.24) is 10.3 Å². The van der Waals surface area contributed by atoms with Gasteiger partial charge in [0.05, 0.1) is 6.10 Å². The van der Waals surface area contributed by atoms with Gasteiger partial charge in [0, 0.05) is 12.7 Å². The van der Waals surface area contributed by atoms with Crippen molar-refractivity contribution in [3.05, 3.63) is 53.9 Å². The van der Waals surface area contributed by atoms with Crippen LogP contribution in [0.4, 0.5) is 0 Å². The van der Waals surface area contributed by atoms with Crippen LogP contribution >= 0.6 is 0 Å². The molecule has 0 saturated carbocycles. The van der Waals surface area contributed by atoms with Gasteiger partial charge < -0.3 is 19.9 Å². The minimum Gasteiger partial charge on any atom is -0.454 e. The number of benzene rings is 1. The normalized spacial score (nSPS) is 13.7. The lowest BCUT2D eigenvalue weighted by atomic mass is 10.1. The molecule has 6 heteroatoms. The van der Waals surface area contributed by atoms with Gasteiger partial charge in [0.25, 0.3) is 5.91 Å². The molecule has 0 saturated heterocycles. The molecule has 1 aromatic heterocycles. The minimum absolute atomic E-state index is 0.203. The molecule has 0 fully saturated rings. The molecular weight excluding hydrogens is 284 g/mol. The number of aromatic nitrogens is 1. The molecule has 3 rings (SSSR count). The topological polar surface area (TPSA) is 80.7 Å². The van der Waals surface area contributed by atoms with Gasteiger partial charge in [-0.25, -0.2) is 0 Å². The molecule has 2 N–H and O–H groups in total. The Labute approximate surface area is 127 Å². The number of fused-ring (bicyclic) bond motifs is 1. The third-order valence-corrected chi connectivity index (χ3v) is 3.38. The fourth-order valence-electron chi connectivity index (χ4n) is 2.20. The molecule has 2 aromatic rings. The maximum Gasteiger partial charge on any atom is 0.269 e. The van der Waals surface area contributed by atoms with Gasteiger partial charge in [-0.2, -0.15) is 0 Å². The van der Waals surface area contributed by atoms with Crippen LogP contribution < -0.4 is 14.8 Å². The Morgan fingerprint density at radius 1 is 1.27 bits per heavy atom. The second kappa shape index (κ2) is 6.44. The maximum absolute atomic E-state index is 11.8. The van der Waals surface area contributed by atoms with E-state index in [0.29, 0.717) is 30.2 Å². The first-order valence-corrected chi connectivity index (χ1v) is 7.01. The van der Waals surface area contributed by atoms with E-state index in [9.17, 15) is 9.90 Å². The van der Waals surface area contributed by atoms with Crippen LogP contribution in [0.5, 0.6) is 11.5 Å². The van der Waals surface area contributed by atoms with E-state index in [4.69, 9.17) is 9.47 Å².